The van der Waals surface area contributed by atoms with E-state index in [1.807, 2.05) is 61.5 Å². The first-order valence-electron chi connectivity index (χ1n) is 11.9. The Kier molecular flexibility index (Phi) is 9.39. The van der Waals surface area contributed by atoms with Crippen LogP contribution in [0.4, 0.5) is 4.39 Å². The summed E-state index contributed by atoms with van der Waals surface area (Å²) in [5, 5.41) is 3.02. The van der Waals surface area contributed by atoms with Gasteiger partial charge in [0.2, 0.25) is 11.8 Å². The highest BCUT2D eigenvalue weighted by atomic mass is 19.1. The Morgan fingerprint density at radius 2 is 1.59 bits per heavy atom. The first-order chi connectivity index (χ1) is 16.5. The minimum absolute atomic E-state index is 0.134. The molecule has 0 aliphatic rings. The second-order valence-corrected chi connectivity index (χ2v) is 8.60. The summed E-state index contributed by atoms with van der Waals surface area (Å²) in [6.07, 6.45) is 2.44. The van der Waals surface area contributed by atoms with E-state index >= 15 is 0 Å². The van der Waals surface area contributed by atoms with E-state index in [4.69, 9.17) is 0 Å². The molecule has 4 nitrogen and oxygen atoms in total. The second kappa shape index (κ2) is 12.7. The largest absolute Gasteiger partial charge is 0.354 e. The summed E-state index contributed by atoms with van der Waals surface area (Å²) < 4.78 is 13.5. The lowest BCUT2D eigenvalue weighted by Gasteiger charge is -2.32. The van der Waals surface area contributed by atoms with Crippen LogP contribution in [0.1, 0.15) is 42.0 Å². The van der Waals surface area contributed by atoms with Crippen LogP contribution in [0, 0.1) is 12.7 Å². The van der Waals surface area contributed by atoms with Crippen LogP contribution in [-0.4, -0.2) is 29.3 Å². The summed E-state index contributed by atoms with van der Waals surface area (Å²) in [6.45, 7) is 4.84. The molecule has 0 bridgehead atoms. The standard InChI is InChI=1S/C29H33FN2O2/c1-3-4-18-31-29(34)27(19-23-11-6-5-7-12-23)32(21-24-14-16-26(30)17-15-24)28(33)20-25-13-9-8-10-22(25)2/h5-17,27H,3-4,18-21H2,1-2H3,(H,31,34). The van der Waals surface area contributed by atoms with Gasteiger partial charge in [-0.3, -0.25) is 9.59 Å². The molecule has 1 N–H and O–H groups in total. The molecule has 0 radical (unpaired) electrons. The number of carbonyl (C=O) groups excluding carboxylic acids is 2. The van der Waals surface area contributed by atoms with Crippen molar-refractivity contribution in [1.29, 1.82) is 0 Å². The molecule has 1 unspecified atom stereocenters. The van der Waals surface area contributed by atoms with Crippen molar-refractivity contribution in [2.75, 3.05) is 6.54 Å². The third kappa shape index (κ3) is 7.27. The number of hydrogen-bond donors (Lipinski definition) is 1. The molecule has 2 amide bonds. The minimum Gasteiger partial charge on any atom is -0.354 e. The van der Waals surface area contributed by atoms with Crippen molar-refractivity contribution in [2.24, 2.45) is 0 Å². The lowest BCUT2D eigenvalue weighted by Crippen LogP contribution is -2.51. The fourth-order valence-electron chi connectivity index (χ4n) is 3.92. The molecule has 0 aromatic heterocycles. The number of carbonyl (C=O) groups is 2. The van der Waals surface area contributed by atoms with Gasteiger partial charge in [0.25, 0.3) is 0 Å². The van der Waals surface area contributed by atoms with Crippen LogP contribution < -0.4 is 5.32 Å². The van der Waals surface area contributed by atoms with Crippen LogP contribution in [0.3, 0.4) is 0 Å². The smallest absolute Gasteiger partial charge is 0.243 e. The van der Waals surface area contributed by atoms with Crippen LogP contribution in [0.15, 0.2) is 78.9 Å². The van der Waals surface area contributed by atoms with Crippen molar-refractivity contribution in [1.82, 2.24) is 10.2 Å². The minimum atomic E-state index is -0.680. The Morgan fingerprint density at radius 3 is 2.26 bits per heavy atom. The molecule has 0 aliphatic carbocycles. The Hall–Kier alpha value is -3.47. The highest BCUT2D eigenvalue weighted by molar-refractivity contribution is 5.89. The van der Waals surface area contributed by atoms with Crippen molar-refractivity contribution in [3.63, 3.8) is 0 Å². The first-order valence-corrected chi connectivity index (χ1v) is 11.9. The predicted molar refractivity (Wildman–Crippen MR) is 134 cm³/mol. The number of rotatable bonds is 11. The van der Waals surface area contributed by atoms with E-state index in [-0.39, 0.29) is 30.6 Å². The van der Waals surface area contributed by atoms with Gasteiger partial charge in [0.15, 0.2) is 0 Å². The molecule has 178 valence electrons. The van der Waals surface area contributed by atoms with Gasteiger partial charge >= 0.3 is 0 Å². The zero-order valence-electron chi connectivity index (χ0n) is 20.0. The molecule has 3 aromatic carbocycles. The maximum Gasteiger partial charge on any atom is 0.243 e. The van der Waals surface area contributed by atoms with Crippen molar-refractivity contribution in [2.45, 2.75) is 52.1 Å². The Bertz CT molecular complexity index is 1070. The summed E-state index contributed by atoms with van der Waals surface area (Å²) >= 11 is 0. The average molecular weight is 461 g/mol. The van der Waals surface area contributed by atoms with Gasteiger partial charge in [0.05, 0.1) is 6.42 Å². The van der Waals surface area contributed by atoms with E-state index in [1.54, 1.807) is 17.0 Å². The molecule has 3 rings (SSSR count). The second-order valence-electron chi connectivity index (χ2n) is 8.60. The van der Waals surface area contributed by atoms with Crippen molar-refractivity contribution in [3.8, 4) is 0 Å². The maximum atomic E-state index is 13.7. The van der Waals surface area contributed by atoms with Crippen molar-refractivity contribution >= 4 is 11.8 Å². The fraction of sp³-hybridized carbons (Fsp3) is 0.310. The molecule has 0 heterocycles. The summed E-state index contributed by atoms with van der Waals surface area (Å²) in [7, 11) is 0. The van der Waals surface area contributed by atoms with Crippen LogP contribution in [0.2, 0.25) is 0 Å². The maximum absolute atomic E-state index is 13.7. The van der Waals surface area contributed by atoms with E-state index in [0.717, 1.165) is 35.1 Å². The van der Waals surface area contributed by atoms with Crippen LogP contribution in [-0.2, 0) is 29.0 Å². The first kappa shape index (κ1) is 25.2. The van der Waals surface area contributed by atoms with Gasteiger partial charge in [-0.25, -0.2) is 4.39 Å². The normalized spacial score (nSPS) is 11.6. The van der Waals surface area contributed by atoms with E-state index in [1.165, 1.54) is 12.1 Å². The SMILES string of the molecule is CCCCNC(=O)C(Cc1ccccc1)N(Cc1ccc(F)cc1)C(=O)Cc1ccccc1C. The Labute approximate surface area is 201 Å². The zero-order valence-corrected chi connectivity index (χ0v) is 20.0. The highest BCUT2D eigenvalue weighted by Gasteiger charge is 2.30. The molecular weight excluding hydrogens is 427 g/mol. The molecule has 0 spiro atoms. The zero-order chi connectivity index (χ0) is 24.3. The quantitative estimate of drug-likeness (QED) is 0.398. The van der Waals surface area contributed by atoms with Gasteiger partial charge in [0, 0.05) is 19.5 Å². The van der Waals surface area contributed by atoms with E-state index in [9.17, 15) is 14.0 Å². The lowest BCUT2D eigenvalue weighted by atomic mass is 10.00. The number of aryl methyl sites for hydroxylation is 1. The average Bonchev–Trinajstić information content (AvgIpc) is 2.84. The molecule has 34 heavy (non-hydrogen) atoms. The van der Waals surface area contributed by atoms with Crippen LogP contribution in [0.5, 0.6) is 0 Å². The number of hydrogen-bond acceptors (Lipinski definition) is 2. The Balaban J connectivity index is 1.94. The van der Waals surface area contributed by atoms with E-state index in [0.29, 0.717) is 13.0 Å². The van der Waals surface area contributed by atoms with Gasteiger partial charge in [-0.15, -0.1) is 0 Å². The number of unbranched alkanes of at least 4 members (excludes halogenated alkanes) is 1. The third-order valence-electron chi connectivity index (χ3n) is 5.97. The van der Waals surface area contributed by atoms with Crippen LogP contribution in [0.25, 0.3) is 0 Å². The number of benzene rings is 3. The van der Waals surface area contributed by atoms with Gasteiger partial charge in [-0.2, -0.15) is 0 Å². The molecule has 0 saturated heterocycles. The van der Waals surface area contributed by atoms with Gasteiger partial charge in [-0.1, -0.05) is 80.1 Å². The fourth-order valence-corrected chi connectivity index (χ4v) is 3.92. The third-order valence-corrected chi connectivity index (χ3v) is 5.97. The lowest BCUT2D eigenvalue weighted by molar-refractivity contribution is -0.140. The summed E-state index contributed by atoms with van der Waals surface area (Å²) in [4.78, 5) is 28.7. The van der Waals surface area contributed by atoms with Crippen molar-refractivity contribution < 1.29 is 14.0 Å². The number of halogens is 1. The summed E-state index contributed by atoms with van der Waals surface area (Å²) in [6, 6.07) is 22.9. The molecule has 0 aliphatic heterocycles. The molecule has 5 heteroatoms. The molecular formula is C29H33FN2O2. The molecule has 0 fully saturated rings. The van der Waals surface area contributed by atoms with Gasteiger partial charge in [0.1, 0.15) is 11.9 Å². The van der Waals surface area contributed by atoms with E-state index < -0.39 is 6.04 Å². The number of nitrogens with zero attached hydrogens (tertiary/aromatic N) is 1. The summed E-state index contributed by atoms with van der Waals surface area (Å²) in [5.74, 6) is -0.637. The van der Waals surface area contributed by atoms with Crippen molar-refractivity contribution in [3.05, 3.63) is 107 Å². The van der Waals surface area contributed by atoms with Gasteiger partial charge < -0.3 is 10.2 Å². The van der Waals surface area contributed by atoms with Gasteiger partial charge in [-0.05, 0) is 47.7 Å². The predicted octanol–water partition coefficient (Wildman–Crippen LogP) is 5.23. The van der Waals surface area contributed by atoms with E-state index in [2.05, 4.69) is 12.2 Å². The highest BCUT2D eigenvalue weighted by Crippen LogP contribution is 2.18. The molecule has 0 saturated carbocycles. The topological polar surface area (TPSA) is 49.4 Å². The Morgan fingerprint density at radius 1 is 0.912 bits per heavy atom. The monoisotopic (exact) mass is 460 g/mol. The van der Waals surface area contributed by atoms with Crippen LogP contribution >= 0.6 is 0 Å². The number of nitrogens with one attached hydrogen (secondary N) is 1. The number of amides is 2. The molecule has 1 atom stereocenters. The summed E-state index contributed by atoms with van der Waals surface area (Å²) in [5.41, 5.74) is 3.72. The molecule has 3 aromatic rings.